The van der Waals surface area contributed by atoms with E-state index < -0.39 is 6.04 Å². The quantitative estimate of drug-likeness (QED) is 0.757. The first-order valence-electron chi connectivity index (χ1n) is 12.2. The number of fused-ring (bicyclic) bond motifs is 1. The predicted octanol–water partition coefficient (Wildman–Crippen LogP) is 3.00. The number of nitrogens with one attached hydrogen (secondary N) is 1. The van der Waals surface area contributed by atoms with Crippen LogP contribution < -0.4 is 5.32 Å². The van der Waals surface area contributed by atoms with Gasteiger partial charge in [-0.2, -0.15) is 0 Å². The fraction of sp³-hybridized carbons (Fsp3) is 0.538. The average molecular weight is 452 g/mol. The number of morpholine rings is 1. The number of carbonyl (C=O) groups excluding carboxylic acids is 2. The van der Waals surface area contributed by atoms with Gasteiger partial charge in [0.2, 0.25) is 5.91 Å². The molecular formula is C26H33N3O4. The summed E-state index contributed by atoms with van der Waals surface area (Å²) >= 11 is 0. The van der Waals surface area contributed by atoms with Crippen LogP contribution in [0.3, 0.4) is 0 Å². The Bertz CT molecular complexity index is 962. The highest BCUT2D eigenvalue weighted by Gasteiger charge is 2.41. The van der Waals surface area contributed by atoms with E-state index >= 15 is 0 Å². The van der Waals surface area contributed by atoms with E-state index in [0.717, 1.165) is 50.3 Å². The van der Waals surface area contributed by atoms with Crippen LogP contribution in [0.25, 0.3) is 0 Å². The molecule has 1 saturated carbocycles. The minimum Gasteiger partial charge on any atom is -0.459 e. The molecule has 1 aromatic heterocycles. The lowest BCUT2D eigenvalue weighted by atomic mass is 9.79. The van der Waals surface area contributed by atoms with Gasteiger partial charge in [-0.15, -0.1) is 0 Å². The second-order valence-corrected chi connectivity index (χ2v) is 9.50. The van der Waals surface area contributed by atoms with Gasteiger partial charge in [0.1, 0.15) is 6.04 Å². The number of nitrogens with zero attached hydrogens (tertiary/aromatic N) is 2. The Balaban J connectivity index is 1.35. The molecule has 2 amide bonds. The zero-order valence-electron chi connectivity index (χ0n) is 19.1. The van der Waals surface area contributed by atoms with Crippen molar-refractivity contribution in [2.45, 2.75) is 56.7 Å². The number of carbonyl (C=O) groups is 2. The van der Waals surface area contributed by atoms with Gasteiger partial charge in [-0.3, -0.25) is 14.5 Å². The first-order chi connectivity index (χ1) is 16.2. The van der Waals surface area contributed by atoms with Gasteiger partial charge in [-0.25, -0.2) is 0 Å². The van der Waals surface area contributed by atoms with E-state index in [9.17, 15) is 9.59 Å². The van der Waals surface area contributed by atoms with Gasteiger partial charge < -0.3 is 19.4 Å². The highest BCUT2D eigenvalue weighted by atomic mass is 16.5. The maximum atomic E-state index is 13.6. The largest absolute Gasteiger partial charge is 0.459 e. The van der Waals surface area contributed by atoms with Crippen LogP contribution >= 0.6 is 0 Å². The first kappa shape index (κ1) is 22.2. The summed E-state index contributed by atoms with van der Waals surface area (Å²) in [5.74, 6) is -0.0536. The van der Waals surface area contributed by atoms with Gasteiger partial charge in [-0.05, 0) is 36.1 Å². The van der Waals surface area contributed by atoms with Crippen molar-refractivity contribution in [1.82, 2.24) is 15.1 Å². The highest BCUT2D eigenvalue weighted by Crippen LogP contribution is 2.34. The SMILES string of the molecule is O=C(NCC1(N2CCOCC2)CCCCC1)C1Cc2ccccc2CN1C(=O)c1ccco1. The number of hydrogen-bond acceptors (Lipinski definition) is 5. The number of furan rings is 1. The normalized spacial score (nSPS) is 23.0. The van der Waals surface area contributed by atoms with Crippen molar-refractivity contribution >= 4 is 11.8 Å². The summed E-state index contributed by atoms with van der Waals surface area (Å²) in [7, 11) is 0. The molecule has 1 N–H and O–H groups in total. The van der Waals surface area contributed by atoms with Crippen molar-refractivity contribution < 1.29 is 18.7 Å². The second-order valence-electron chi connectivity index (χ2n) is 9.50. The van der Waals surface area contributed by atoms with Crippen molar-refractivity contribution in [2.75, 3.05) is 32.8 Å². The lowest BCUT2D eigenvalue weighted by Crippen LogP contribution is -2.61. The summed E-state index contributed by atoms with van der Waals surface area (Å²) in [6.07, 6.45) is 7.82. The first-order valence-corrected chi connectivity index (χ1v) is 12.2. The fourth-order valence-corrected chi connectivity index (χ4v) is 5.73. The number of benzene rings is 1. The van der Waals surface area contributed by atoms with Crippen molar-refractivity contribution in [2.24, 2.45) is 0 Å². The smallest absolute Gasteiger partial charge is 0.290 e. The Kier molecular flexibility index (Phi) is 6.51. The van der Waals surface area contributed by atoms with Crippen LogP contribution in [-0.4, -0.2) is 66.0 Å². The standard InChI is InChI=1S/C26H33N3O4/c30-24(27-19-26(10-4-1-5-11-26)28-12-15-32-16-13-28)22-17-20-7-2-3-8-21(20)18-29(22)25(31)23-9-6-14-33-23/h2-3,6-9,14,22H,1,4-5,10-13,15-19H2,(H,27,30). The van der Waals surface area contributed by atoms with Crippen LogP contribution in [0.15, 0.2) is 47.1 Å². The van der Waals surface area contributed by atoms with Gasteiger partial charge in [-0.1, -0.05) is 43.5 Å². The summed E-state index contributed by atoms with van der Waals surface area (Å²) < 4.78 is 11.0. The van der Waals surface area contributed by atoms with Gasteiger partial charge >= 0.3 is 0 Å². The second kappa shape index (κ2) is 9.69. The molecule has 1 aliphatic carbocycles. The van der Waals surface area contributed by atoms with E-state index in [0.29, 0.717) is 19.5 Å². The van der Waals surface area contributed by atoms with E-state index in [1.807, 2.05) is 18.2 Å². The lowest BCUT2D eigenvalue weighted by molar-refractivity contribution is -0.127. The van der Waals surface area contributed by atoms with Crippen LogP contribution in [0.5, 0.6) is 0 Å². The van der Waals surface area contributed by atoms with Crippen molar-refractivity contribution in [3.63, 3.8) is 0 Å². The molecule has 0 spiro atoms. The molecule has 0 bridgehead atoms. The molecule has 1 unspecified atom stereocenters. The van der Waals surface area contributed by atoms with E-state index in [2.05, 4.69) is 16.3 Å². The molecule has 2 aliphatic heterocycles. The monoisotopic (exact) mass is 451 g/mol. The molecule has 176 valence electrons. The van der Waals surface area contributed by atoms with E-state index in [-0.39, 0.29) is 23.1 Å². The Labute approximate surface area is 195 Å². The Morgan fingerprint density at radius 3 is 2.48 bits per heavy atom. The minimum atomic E-state index is -0.553. The highest BCUT2D eigenvalue weighted by molar-refractivity contribution is 5.96. The maximum absolute atomic E-state index is 13.6. The van der Waals surface area contributed by atoms with Crippen LogP contribution in [0.4, 0.5) is 0 Å². The van der Waals surface area contributed by atoms with Gasteiger partial charge in [0.25, 0.3) is 5.91 Å². The summed E-state index contributed by atoms with van der Waals surface area (Å²) in [5, 5.41) is 3.28. The average Bonchev–Trinajstić information content (AvgIpc) is 3.42. The summed E-state index contributed by atoms with van der Waals surface area (Å²) in [5.41, 5.74) is 2.19. The third-order valence-electron chi connectivity index (χ3n) is 7.60. The molecule has 33 heavy (non-hydrogen) atoms. The van der Waals surface area contributed by atoms with Gasteiger partial charge in [0, 0.05) is 38.1 Å². The topological polar surface area (TPSA) is 75.0 Å². The molecule has 1 saturated heterocycles. The third-order valence-corrected chi connectivity index (χ3v) is 7.60. The van der Waals surface area contributed by atoms with Crippen LogP contribution in [0, 0.1) is 0 Å². The number of hydrogen-bond donors (Lipinski definition) is 1. The van der Waals surface area contributed by atoms with Crippen LogP contribution in [0.2, 0.25) is 0 Å². The molecule has 5 rings (SSSR count). The molecular weight excluding hydrogens is 418 g/mol. The lowest BCUT2D eigenvalue weighted by Gasteiger charge is -2.48. The Morgan fingerprint density at radius 2 is 1.76 bits per heavy atom. The number of ether oxygens (including phenoxy) is 1. The van der Waals surface area contributed by atoms with Crippen molar-refractivity contribution in [1.29, 1.82) is 0 Å². The van der Waals surface area contributed by atoms with Crippen molar-refractivity contribution in [3.05, 3.63) is 59.5 Å². The molecule has 1 aromatic carbocycles. The zero-order chi connectivity index (χ0) is 22.7. The van der Waals surface area contributed by atoms with Gasteiger partial charge in [0.15, 0.2) is 5.76 Å². The molecule has 7 nitrogen and oxygen atoms in total. The summed E-state index contributed by atoms with van der Waals surface area (Å²) in [6, 6.07) is 10.9. The fourth-order valence-electron chi connectivity index (χ4n) is 5.73. The summed E-state index contributed by atoms with van der Waals surface area (Å²) in [6.45, 7) is 4.35. The predicted molar refractivity (Wildman–Crippen MR) is 124 cm³/mol. The molecule has 2 aromatic rings. The molecule has 0 radical (unpaired) electrons. The van der Waals surface area contributed by atoms with E-state index in [4.69, 9.17) is 9.15 Å². The van der Waals surface area contributed by atoms with Crippen LogP contribution in [0.1, 0.15) is 53.8 Å². The number of amides is 2. The molecule has 1 atom stereocenters. The molecule has 3 heterocycles. The third kappa shape index (κ3) is 4.57. The Morgan fingerprint density at radius 1 is 1.00 bits per heavy atom. The van der Waals surface area contributed by atoms with Crippen LogP contribution in [-0.2, 0) is 22.5 Å². The zero-order valence-corrected chi connectivity index (χ0v) is 19.1. The summed E-state index contributed by atoms with van der Waals surface area (Å²) in [4.78, 5) is 31.0. The Hall–Kier alpha value is -2.64. The van der Waals surface area contributed by atoms with E-state index in [1.54, 1.807) is 17.0 Å². The van der Waals surface area contributed by atoms with E-state index in [1.165, 1.54) is 25.5 Å². The molecule has 2 fully saturated rings. The van der Waals surface area contributed by atoms with Gasteiger partial charge in [0.05, 0.1) is 19.5 Å². The number of rotatable bonds is 5. The molecule has 3 aliphatic rings. The van der Waals surface area contributed by atoms with Crippen molar-refractivity contribution in [3.8, 4) is 0 Å². The minimum absolute atomic E-state index is 0.0138. The maximum Gasteiger partial charge on any atom is 0.290 e. The molecule has 7 heteroatoms.